The molecule has 0 aliphatic heterocycles. The number of nitrogens with one attached hydrogen (secondary N) is 1. The average Bonchev–Trinajstić information content (AvgIpc) is 3.08. The number of ether oxygens (including phenoxy) is 1. The lowest BCUT2D eigenvalue weighted by Gasteiger charge is -2.06. The number of hydrogen-bond acceptors (Lipinski definition) is 6. The first-order valence-electron chi connectivity index (χ1n) is 7.35. The Morgan fingerprint density at radius 3 is 2.79 bits per heavy atom. The van der Waals surface area contributed by atoms with Gasteiger partial charge >= 0.3 is 0 Å². The Morgan fingerprint density at radius 2 is 2.04 bits per heavy atom. The summed E-state index contributed by atoms with van der Waals surface area (Å²) < 4.78 is 5.20. The Labute approximate surface area is 144 Å². The maximum atomic E-state index is 10.1. The highest BCUT2D eigenvalue weighted by atomic mass is 32.1. The molecule has 6 heteroatoms. The fourth-order valence-electron chi connectivity index (χ4n) is 2.21. The number of phenolic OH excluding ortho intramolecular Hbond substituents is 1. The molecule has 3 rings (SSSR count). The van der Waals surface area contributed by atoms with Gasteiger partial charge in [-0.15, -0.1) is 11.3 Å². The molecule has 0 atom stereocenters. The number of aryl methyl sites for hydroxylation is 1. The number of hydrogen-bond donors (Lipinski definition) is 2. The molecule has 0 spiro atoms. The molecule has 0 bridgehead atoms. The van der Waals surface area contributed by atoms with E-state index in [9.17, 15) is 5.11 Å². The molecule has 5 nitrogen and oxygen atoms in total. The molecule has 0 amide bonds. The van der Waals surface area contributed by atoms with Gasteiger partial charge in [0.1, 0.15) is 11.5 Å². The van der Waals surface area contributed by atoms with Gasteiger partial charge in [-0.25, -0.2) is 4.98 Å². The molecule has 2 N–H and O–H groups in total. The van der Waals surface area contributed by atoms with Gasteiger partial charge in [-0.1, -0.05) is 30.3 Å². The van der Waals surface area contributed by atoms with Gasteiger partial charge in [0.2, 0.25) is 5.13 Å². The molecule has 0 aliphatic rings. The molecule has 24 heavy (non-hydrogen) atoms. The van der Waals surface area contributed by atoms with Crippen LogP contribution in [0.2, 0.25) is 0 Å². The van der Waals surface area contributed by atoms with Gasteiger partial charge in [-0.3, -0.25) is 5.43 Å². The summed E-state index contributed by atoms with van der Waals surface area (Å²) in [5.74, 6) is 0.859. The van der Waals surface area contributed by atoms with E-state index < -0.39 is 0 Å². The van der Waals surface area contributed by atoms with E-state index in [2.05, 4.69) is 15.5 Å². The third-order valence-corrected chi connectivity index (χ3v) is 4.22. The number of phenols is 1. The van der Waals surface area contributed by atoms with Gasteiger partial charge in [0.15, 0.2) is 0 Å². The van der Waals surface area contributed by atoms with Crippen LogP contribution in [0.3, 0.4) is 0 Å². The summed E-state index contributed by atoms with van der Waals surface area (Å²) in [4.78, 5) is 4.49. The molecule has 0 saturated heterocycles. The molecule has 122 valence electrons. The van der Waals surface area contributed by atoms with Crippen LogP contribution in [0.4, 0.5) is 5.13 Å². The van der Waals surface area contributed by atoms with Crippen LogP contribution in [-0.4, -0.2) is 23.4 Å². The van der Waals surface area contributed by atoms with Crippen molar-refractivity contribution in [1.29, 1.82) is 0 Å². The predicted octanol–water partition coefficient (Wildman–Crippen LogP) is 4.28. The van der Waals surface area contributed by atoms with E-state index in [-0.39, 0.29) is 5.75 Å². The summed E-state index contributed by atoms with van der Waals surface area (Å²) in [7, 11) is 1.59. The van der Waals surface area contributed by atoms with Crippen molar-refractivity contribution in [3.8, 4) is 22.8 Å². The fourth-order valence-corrected chi connectivity index (χ4v) is 2.88. The lowest BCUT2D eigenvalue weighted by atomic mass is 10.1. The van der Waals surface area contributed by atoms with E-state index in [4.69, 9.17) is 4.74 Å². The van der Waals surface area contributed by atoms with Crippen molar-refractivity contribution in [2.24, 2.45) is 5.10 Å². The van der Waals surface area contributed by atoms with Crippen molar-refractivity contribution >= 4 is 22.7 Å². The van der Waals surface area contributed by atoms with Crippen LogP contribution in [0.1, 0.15) is 11.1 Å². The van der Waals surface area contributed by atoms with Gasteiger partial charge in [0, 0.05) is 16.5 Å². The number of thiazole rings is 1. The number of aromatic hydroxyl groups is 1. The van der Waals surface area contributed by atoms with E-state index in [0.717, 1.165) is 16.8 Å². The minimum Gasteiger partial charge on any atom is -0.507 e. The van der Waals surface area contributed by atoms with Gasteiger partial charge in [-0.05, 0) is 24.6 Å². The maximum absolute atomic E-state index is 10.1. The fraction of sp³-hybridized carbons (Fsp3) is 0.111. The minimum absolute atomic E-state index is 0.186. The third-order valence-electron chi connectivity index (χ3n) is 3.48. The molecule has 0 saturated carbocycles. The summed E-state index contributed by atoms with van der Waals surface area (Å²) in [6.45, 7) is 1.82. The molecule has 1 aromatic heterocycles. The second-order valence-corrected chi connectivity index (χ2v) is 6.01. The van der Waals surface area contributed by atoms with Crippen molar-refractivity contribution in [3.63, 3.8) is 0 Å². The van der Waals surface area contributed by atoms with Gasteiger partial charge in [0.25, 0.3) is 0 Å². The molecule has 3 aromatic rings. The van der Waals surface area contributed by atoms with Gasteiger partial charge in [-0.2, -0.15) is 5.10 Å². The standard InChI is InChI=1S/C18H17N3O2S/c1-12-8-15(23-2)9-14(17(12)22)10-19-21-18-20-16(11-24-18)13-6-4-3-5-7-13/h3-11,22H,1-2H3,(H,20,21). The van der Waals surface area contributed by atoms with Crippen molar-refractivity contribution in [1.82, 2.24) is 4.98 Å². The number of nitrogens with zero attached hydrogens (tertiary/aromatic N) is 2. The largest absolute Gasteiger partial charge is 0.507 e. The lowest BCUT2D eigenvalue weighted by molar-refractivity contribution is 0.411. The van der Waals surface area contributed by atoms with E-state index in [0.29, 0.717) is 16.4 Å². The van der Waals surface area contributed by atoms with E-state index in [1.165, 1.54) is 11.3 Å². The molecule has 2 aromatic carbocycles. The third kappa shape index (κ3) is 3.55. The summed E-state index contributed by atoms with van der Waals surface area (Å²) in [5.41, 5.74) is 6.17. The quantitative estimate of drug-likeness (QED) is 0.538. The Hall–Kier alpha value is -2.86. The Kier molecular flexibility index (Phi) is 4.77. The van der Waals surface area contributed by atoms with Crippen LogP contribution < -0.4 is 10.2 Å². The zero-order valence-electron chi connectivity index (χ0n) is 13.4. The molecule has 0 fully saturated rings. The molecular formula is C18H17N3O2S. The maximum Gasteiger partial charge on any atom is 0.203 e. The number of rotatable bonds is 5. The van der Waals surface area contributed by atoms with Crippen LogP contribution in [0.15, 0.2) is 52.9 Å². The summed E-state index contributed by atoms with van der Waals surface area (Å²) in [6, 6.07) is 13.5. The highest BCUT2D eigenvalue weighted by Crippen LogP contribution is 2.27. The highest BCUT2D eigenvalue weighted by Gasteiger charge is 2.06. The summed E-state index contributed by atoms with van der Waals surface area (Å²) in [6.07, 6.45) is 1.55. The summed E-state index contributed by atoms with van der Waals surface area (Å²) >= 11 is 1.47. The number of hydrazone groups is 1. The molecule has 1 heterocycles. The van der Waals surface area contributed by atoms with Crippen molar-refractivity contribution in [2.45, 2.75) is 6.92 Å². The SMILES string of the molecule is COc1cc(C)c(O)c(C=NNc2nc(-c3ccccc3)cs2)c1. The number of methoxy groups -OCH3 is 1. The zero-order chi connectivity index (χ0) is 16.9. The van der Waals surface area contributed by atoms with E-state index in [1.807, 2.05) is 42.6 Å². The number of anilines is 1. The Balaban J connectivity index is 1.74. The van der Waals surface area contributed by atoms with Crippen LogP contribution in [-0.2, 0) is 0 Å². The number of benzene rings is 2. The van der Waals surface area contributed by atoms with Crippen LogP contribution in [0, 0.1) is 6.92 Å². The van der Waals surface area contributed by atoms with Gasteiger partial charge in [0.05, 0.1) is 19.0 Å². The lowest BCUT2D eigenvalue weighted by Crippen LogP contribution is -1.93. The zero-order valence-corrected chi connectivity index (χ0v) is 14.2. The average molecular weight is 339 g/mol. The van der Waals surface area contributed by atoms with Crippen molar-refractivity contribution in [3.05, 3.63) is 59.0 Å². The topological polar surface area (TPSA) is 66.7 Å². The van der Waals surface area contributed by atoms with E-state index in [1.54, 1.807) is 25.5 Å². The first-order chi connectivity index (χ1) is 11.7. The molecule has 0 radical (unpaired) electrons. The van der Waals surface area contributed by atoms with Gasteiger partial charge < -0.3 is 9.84 Å². The van der Waals surface area contributed by atoms with Crippen LogP contribution in [0.25, 0.3) is 11.3 Å². The highest BCUT2D eigenvalue weighted by molar-refractivity contribution is 7.14. The Morgan fingerprint density at radius 1 is 1.25 bits per heavy atom. The first-order valence-corrected chi connectivity index (χ1v) is 8.23. The second kappa shape index (κ2) is 7.14. The second-order valence-electron chi connectivity index (χ2n) is 5.16. The molecule has 0 unspecified atom stereocenters. The van der Waals surface area contributed by atoms with Crippen LogP contribution in [0.5, 0.6) is 11.5 Å². The Bertz CT molecular complexity index is 860. The smallest absolute Gasteiger partial charge is 0.203 e. The molecular weight excluding hydrogens is 322 g/mol. The number of aromatic nitrogens is 1. The normalized spacial score (nSPS) is 10.9. The monoisotopic (exact) mass is 339 g/mol. The van der Waals surface area contributed by atoms with Crippen molar-refractivity contribution < 1.29 is 9.84 Å². The van der Waals surface area contributed by atoms with Crippen LogP contribution >= 0.6 is 11.3 Å². The van der Waals surface area contributed by atoms with Crippen molar-refractivity contribution in [2.75, 3.05) is 12.5 Å². The minimum atomic E-state index is 0.186. The van der Waals surface area contributed by atoms with E-state index >= 15 is 0 Å². The summed E-state index contributed by atoms with van der Waals surface area (Å²) in [5, 5.41) is 16.9. The molecule has 0 aliphatic carbocycles. The first kappa shape index (κ1) is 16.0. The predicted molar refractivity (Wildman–Crippen MR) is 98.2 cm³/mol.